The number of methoxy groups -OCH3 is 1. The van der Waals surface area contributed by atoms with Crippen molar-refractivity contribution in [3.63, 3.8) is 0 Å². The maximum Gasteiger partial charge on any atom is 0.220 e. The summed E-state index contributed by atoms with van der Waals surface area (Å²) >= 11 is 1.68. The maximum absolute atomic E-state index is 12.5. The third-order valence-corrected chi connectivity index (χ3v) is 6.45. The van der Waals surface area contributed by atoms with Crippen LogP contribution in [0.2, 0.25) is 0 Å². The highest BCUT2D eigenvalue weighted by Gasteiger charge is 2.22. The molecule has 5 nitrogen and oxygen atoms in total. The number of rotatable bonds is 7. The molecule has 1 atom stereocenters. The Morgan fingerprint density at radius 2 is 2.21 bits per heavy atom. The van der Waals surface area contributed by atoms with Gasteiger partial charge in [-0.05, 0) is 42.0 Å². The second kappa shape index (κ2) is 9.27. The zero-order valence-electron chi connectivity index (χ0n) is 16.8. The number of nitrogens with one attached hydrogen (secondary N) is 1. The molecule has 152 valence electrons. The maximum atomic E-state index is 12.5. The first kappa shape index (κ1) is 19.7. The van der Waals surface area contributed by atoms with Crippen LogP contribution >= 0.6 is 11.3 Å². The van der Waals surface area contributed by atoms with Crippen LogP contribution in [0.15, 0.2) is 48.0 Å². The normalized spacial score (nSPS) is 16.7. The Labute approximate surface area is 175 Å². The van der Waals surface area contributed by atoms with Crippen molar-refractivity contribution in [3.8, 4) is 5.75 Å². The topological polar surface area (TPSA) is 54.5 Å². The molecule has 1 N–H and O–H groups in total. The van der Waals surface area contributed by atoms with E-state index in [9.17, 15) is 4.79 Å². The number of nitrogens with zero attached hydrogens (tertiary/aromatic N) is 2. The molecule has 1 unspecified atom stereocenters. The monoisotopic (exact) mass is 409 g/mol. The van der Waals surface area contributed by atoms with Gasteiger partial charge in [0.25, 0.3) is 0 Å². The van der Waals surface area contributed by atoms with E-state index in [-0.39, 0.29) is 5.91 Å². The molecule has 0 aliphatic carbocycles. The first-order valence-corrected chi connectivity index (χ1v) is 11.1. The number of hydrogen-bond acceptors (Lipinski definition) is 5. The van der Waals surface area contributed by atoms with Crippen molar-refractivity contribution in [3.05, 3.63) is 53.5 Å². The van der Waals surface area contributed by atoms with Gasteiger partial charge in [0.2, 0.25) is 5.91 Å². The average Bonchev–Trinajstić information content (AvgIpc) is 3.31. The van der Waals surface area contributed by atoms with E-state index >= 15 is 0 Å². The molecule has 0 bridgehead atoms. The Hall–Kier alpha value is -2.60. The van der Waals surface area contributed by atoms with Gasteiger partial charge in [0.05, 0.1) is 7.11 Å². The van der Waals surface area contributed by atoms with E-state index in [2.05, 4.69) is 33.4 Å². The summed E-state index contributed by atoms with van der Waals surface area (Å²) in [6, 6.07) is 12.3. The van der Waals surface area contributed by atoms with Crippen LogP contribution in [-0.4, -0.2) is 37.6 Å². The molecule has 1 aromatic heterocycles. The number of carbonyl (C=O) groups excluding carboxylic acids is 1. The first-order valence-electron chi connectivity index (χ1n) is 10.2. The van der Waals surface area contributed by atoms with Gasteiger partial charge in [0.15, 0.2) is 5.13 Å². The molecule has 1 aliphatic heterocycles. The van der Waals surface area contributed by atoms with Crippen LogP contribution in [0.5, 0.6) is 5.75 Å². The Morgan fingerprint density at radius 1 is 1.31 bits per heavy atom. The van der Waals surface area contributed by atoms with E-state index in [1.807, 2.05) is 29.8 Å². The molecule has 0 radical (unpaired) electrons. The molecule has 1 amide bonds. The lowest BCUT2D eigenvalue weighted by Crippen LogP contribution is -2.41. The second-order valence-corrected chi connectivity index (χ2v) is 8.41. The molecule has 0 spiro atoms. The molecule has 3 aromatic rings. The number of benzene rings is 2. The number of hydrogen-bond donors (Lipinski definition) is 1. The van der Waals surface area contributed by atoms with Gasteiger partial charge in [0.1, 0.15) is 5.75 Å². The Balaban J connectivity index is 1.32. The summed E-state index contributed by atoms with van der Waals surface area (Å²) in [5.41, 5.74) is 1.10. The minimum Gasteiger partial charge on any atom is -0.496 e. The summed E-state index contributed by atoms with van der Waals surface area (Å²) in [5, 5.41) is 8.59. The molecule has 2 heterocycles. The van der Waals surface area contributed by atoms with E-state index < -0.39 is 0 Å². The van der Waals surface area contributed by atoms with E-state index in [1.54, 1.807) is 18.4 Å². The minimum absolute atomic E-state index is 0.103. The lowest BCUT2D eigenvalue weighted by Gasteiger charge is -2.32. The van der Waals surface area contributed by atoms with Crippen molar-refractivity contribution in [2.45, 2.75) is 25.7 Å². The Kier molecular flexibility index (Phi) is 6.30. The van der Waals surface area contributed by atoms with Gasteiger partial charge < -0.3 is 15.0 Å². The van der Waals surface area contributed by atoms with E-state index in [0.717, 1.165) is 54.3 Å². The third-order valence-electron chi connectivity index (χ3n) is 5.62. The number of piperidine rings is 1. The molecule has 1 saturated heterocycles. The fraction of sp³-hybridized carbons (Fsp3) is 0.391. The van der Waals surface area contributed by atoms with Crippen molar-refractivity contribution in [1.29, 1.82) is 0 Å². The van der Waals surface area contributed by atoms with Crippen LogP contribution in [0, 0.1) is 5.92 Å². The van der Waals surface area contributed by atoms with Crippen molar-refractivity contribution in [1.82, 2.24) is 10.3 Å². The third kappa shape index (κ3) is 4.70. The highest BCUT2D eigenvalue weighted by Crippen LogP contribution is 2.29. The lowest BCUT2D eigenvalue weighted by molar-refractivity contribution is -0.121. The van der Waals surface area contributed by atoms with Gasteiger partial charge in [-0.15, -0.1) is 11.3 Å². The second-order valence-electron chi connectivity index (χ2n) is 7.54. The predicted molar refractivity (Wildman–Crippen MR) is 119 cm³/mol. The number of aryl methyl sites for hydroxylation is 1. The minimum atomic E-state index is 0.103. The van der Waals surface area contributed by atoms with Gasteiger partial charge in [-0.2, -0.15) is 0 Å². The summed E-state index contributed by atoms with van der Waals surface area (Å²) in [7, 11) is 1.69. The predicted octanol–water partition coefficient (Wildman–Crippen LogP) is 4.27. The number of fused-ring (bicyclic) bond motifs is 1. The van der Waals surface area contributed by atoms with Crippen LogP contribution in [0.25, 0.3) is 10.8 Å². The summed E-state index contributed by atoms with van der Waals surface area (Å²) in [6.45, 7) is 2.75. The summed E-state index contributed by atoms with van der Waals surface area (Å²) < 4.78 is 5.55. The zero-order chi connectivity index (χ0) is 20.1. The van der Waals surface area contributed by atoms with Crippen molar-refractivity contribution >= 4 is 33.1 Å². The SMILES string of the molecule is COc1ccc2ccccc2c1CCC(=O)NCC1CCCN(c2nccs2)C1. The average molecular weight is 410 g/mol. The number of ether oxygens (including phenoxy) is 1. The molecule has 1 aliphatic rings. The van der Waals surface area contributed by atoms with Gasteiger partial charge >= 0.3 is 0 Å². The van der Waals surface area contributed by atoms with Crippen LogP contribution in [-0.2, 0) is 11.2 Å². The number of aromatic nitrogens is 1. The van der Waals surface area contributed by atoms with Crippen molar-refractivity contribution in [2.75, 3.05) is 31.6 Å². The molecule has 2 aromatic carbocycles. The van der Waals surface area contributed by atoms with Crippen LogP contribution in [0.3, 0.4) is 0 Å². The number of amides is 1. The van der Waals surface area contributed by atoms with E-state index in [4.69, 9.17) is 4.74 Å². The molecule has 0 saturated carbocycles. The van der Waals surface area contributed by atoms with Gasteiger partial charge in [-0.25, -0.2) is 4.98 Å². The number of thiazole rings is 1. The quantitative estimate of drug-likeness (QED) is 0.633. The Morgan fingerprint density at radius 3 is 3.03 bits per heavy atom. The van der Waals surface area contributed by atoms with Crippen LogP contribution in [0.1, 0.15) is 24.8 Å². The van der Waals surface area contributed by atoms with Crippen LogP contribution in [0.4, 0.5) is 5.13 Å². The highest BCUT2D eigenvalue weighted by atomic mass is 32.1. The zero-order valence-corrected chi connectivity index (χ0v) is 17.6. The molecule has 6 heteroatoms. The first-order chi connectivity index (χ1) is 14.2. The lowest BCUT2D eigenvalue weighted by atomic mass is 9.98. The molecule has 1 fully saturated rings. The molecular formula is C23H27N3O2S. The molecule has 4 rings (SSSR count). The molecule has 29 heavy (non-hydrogen) atoms. The van der Waals surface area contributed by atoms with Gasteiger partial charge in [-0.1, -0.05) is 30.3 Å². The number of anilines is 1. The molecular weight excluding hydrogens is 382 g/mol. The fourth-order valence-electron chi connectivity index (χ4n) is 4.13. The van der Waals surface area contributed by atoms with Crippen LogP contribution < -0.4 is 15.0 Å². The standard InChI is InChI=1S/C23H27N3O2S/c1-28-21-10-8-18-6-2-3-7-19(18)20(21)9-11-22(27)25-15-17-5-4-13-26(16-17)23-24-12-14-29-23/h2-3,6-8,10,12,14,17H,4-5,9,11,13,15-16H2,1H3,(H,25,27). The largest absolute Gasteiger partial charge is 0.496 e. The van der Waals surface area contributed by atoms with Crippen molar-refractivity contribution < 1.29 is 9.53 Å². The van der Waals surface area contributed by atoms with Gasteiger partial charge in [0, 0.05) is 43.2 Å². The van der Waals surface area contributed by atoms with E-state index in [1.165, 1.54) is 5.39 Å². The van der Waals surface area contributed by atoms with E-state index in [0.29, 0.717) is 18.8 Å². The van der Waals surface area contributed by atoms with Crippen molar-refractivity contribution in [2.24, 2.45) is 5.92 Å². The van der Waals surface area contributed by atoms with Gasteiger partial charge in [-0.3, -0.25) is 4.79 Å². The number of carbonyl (C=O) groups is 1. The summed E-state index contributed by atoms with van der Waals surface area (Å²) in [5.74, 6) is 1.43. The fourth-order valence-corrected chi connectivity index (χ4v) is 4.81. The smallest absolute Gasteiger partial charge is 0.220 e. The summed E-state index contributed by atoms with van der Waals surface area (Å²) in [6.07, 6.45) is 5.29. The summed E-state index contributed by atoms with van der Waals surface area (Å²) in [4.78, 5) is 19.3. The Bertz CT molecular complexity index is 958. The highest BCUT2D eigenvalue weighted by molar-refractivity contribution is 7.13.